The first-order valence-electron chi connectivity index (χ1n) is 11.5. The quantitative estimate of drug-likeness (QED) is 0.256. The third-order valence-corrected chi connectivity index (χ3v) is 6.48. The van der Waals surface area contributed by atoms with Gasteiger partial charge in [-0.1, -0.05) is 72.8 Å². The van der Waals surface area contributed by atoms with Gasteiger partial charge in [0.2, 0.25) is 0 Å². The van der Waals surface area contributed by atoms with E-state index in [4.69, 9.17) is 15.0 Å². The van der Waals surface area contributed by atoms with Crippen LogP contribution in [0.25, 0.3) is 66.5 Å². The SMILES string of the molecule is Fc1cccc(-c2nc3ccc4c(-c5ccccc5)nc(-c5ccccc5)c5ccc(n2)c3c45)c1. The Labute approximate surface area is 200 Å². The van der Waals surface area contributed by atoms with E-state index in [2.05, 4.69) is 36.4 Å². The normalized spacial score (nSPS) is 11.6. The van der Waals surface area contributed by atoms with Gasteiger partial charge in [0.25, 0.3) is 0 Å². The molecule has 3 nitrogen and oxygen atoms in total. The van der Waals surface area contributed by atoms with Crippen LogP contribution >= 0.6 is 0 Å². The van der Waals surface area contributed by atoms with E-state index < -0.39 is 0 Å². The van der Waals surface area contributed by atoms with Gasteiger partial charge < -0.3 is 0 Å². The number of hydrogen-bond acceptors (Lipinski definition) is 3. The van der Waals surface area contributed by atoms with Crippen LogP contribution in [-0.2, 0) is 0 Å². The minimum atomic E-state index is -0.303. The standard InChI is InChI=1S/C31H18FN3/c32-22-13-7-12-21(18-22)31-33-25-16-14-23-27-24(15-17-26(34-31)28(25)27)30(20-10-5-2-6-11-20)35-29(23)19-8-3-1-4-9-19/h1-18H. The lowest BCUT2D eigenvalue weighted by atomic mass is 9.93. The van der Waals surface area contributed by atoms with E-state index in [1.165, 1.54) is 12.1 Å². The second-order valence-electron chi connectivity index (χ2n) is 8.61. The highest BCUT2D eigenvalue weighted by atomic mass is 19.1. The minimum Gasteiger partial charge on any atom is -0.246 e. The Kier molecular flexibility index (Phi) is 4.33. The number of halogens is 1. The molecule has 2 heterocycles. The fourth-order valence-electron chi connectivity index (χ4n) is 4.91. The second-order valence-corrected chi connectivity index (χ2v) is 8.61. The van der Waals surface area contributed by atoms with Gasteiger partial charge in [-0.2, -0.15) is 0 Å². The second kappa shape index (κ2) is 7.67. The van der Waals surface area contributed by atoms with E-state index in [0.29, 0.717) is 11.4 Å². The van der Waals surface area contributed by atoms with Crippen LogP contribution in [0, 0.1) is 5.82 Å². The van der Waals surface area contributed by atoms with Crippen LogP contribution in [0.1, 0.15) is 0 Å². The molecule has 7 rings (SSSR count). The molecule has 0 saturated heterocycles. The van der Waals surface area contributed by atoms with E-state index in [0.717, 1.165) is 55.1 Å². The van der Waals surface area contributed by atoms with Gasteiger partial charge in [-0.3, -0.25) is 0 Å². The third kappa shape index (κ3) is 3.15. The molecule has 4 heteroatoms. The van der Waals surface area contributed by atoms with Crippen LogP contribution in [0.2, 0.25) is 0 Å². The summed E-state index contributed by atoms with van der Waals surface area (Å²) in [5.74, 6) is 0.210. The maximum absolute atomic E-state index is 13.9. The maximum atomic E-state index is 13.9. The summed E-state index contributed by atoms with van der Waals surface area (Å²) < 4.78 is 13.9. The monoisotopic (exact) mass is 451 g/mol. The molecule has 0 bridgehead atoms. The highest BCUT2D eigenvalue weighted by Gasteiger charge is 2.19. The summed E-state index contributed by atoms with van der Waals surface area (Å²) >= 11 is 0. The predicted octanol–water partition coefficient (Wildman–Crippen LogP) is 7.91. The van der Waals surface area contributed by atoms with Crippen LogP contribution in [0.3, 0.4) is 0 Å². The Morgan fingerprint density at radius 1 is 0.457 bits per heavy atom. The molecule has 7 aromatic rings. The first kappa shape index (κ1) is 19.7. The van der Waals surface area contributed by atoms with Gasteiger partial charge >= 0.3 is 0 Å². The molecule has 164 valence electrons. The average Bonchev–Trinajstić information content (AvgIpc) is 2.92. The molecule has 0 radical (unpaired) electrons. The summed E-state index contributed by atoms with van der Waals surface area (Å²) in [7, 11) is 0. The average molecular weight is 452 g/mol. The molecule has 0 aliphatic rings. The number of aromatic nitrogens is 3. The zero-order chi connectivity index (χ0) is 23.4. The maximum Gasteiger partial charge on any atom is 0.160 e. The molecular weight excluding hydrogens is 433 g/mol. The molecule has 0 fully saturated rings. The van der Waals surface area contributed by atoms with Crippen LogP contribution in [-0.4, -0.2) is 15.0 Å². The van der Waals surface area contributed by atoms with Crippen molar-refractivity contribution in [1.82, 2.24) is 15.0 Å². The fourth-order valence-corrected chi connectivity index (χ4v) is 4.91. The molecule has 0 atom stereocenters. The van der Waals surface area contributed by atoms with E-state index in [-0.39, 0.29) is 5.82 Å². The Balaban J connectivity index is 1.61. The molecule has 2 aromatic heterocycles. The van der Waals surface area contributed by atoms with Crippen LogP contribution in [0.15, 0.2) is 109 Å². The molecular formula is C31H18FN3. The van der Waals surface area contributed by atoms with E-state index in [1.54, 1.807) is 6.07 Å². The van der Waals surface area contributed by atoms with Crippen molar-refractivity contribution in [2.75, 3.05) is 0 Å². The zero-order valence-corrected chi connectivity index (χ0v) is 18.6. The summed E-state index contributed by atoms with van der Waals surface area (Å²) in [5.41, 5.74) is 6.30. The smallest absolute Gasteiger partial charge is 0.160 e. The Morgan fingerprint density at radius 2 is 1.00 bits per heavy atom. The molecule has 0 N–H and O–H groups in total. The molecule has 0 saturated carbocycles. The summed E-state index contributed by atoms with van der Waals surface area (Å²) in [4.78, 5) is 14.9. The number of rotatable bonds is 3. The number of nitrogens with zero attached hydrogens (tertiary/aromatic N) is 3. The highest BCUT2D eigenvalue weighted by Crippen LogP contribution is 2.41. The van der Waals surface area contributed by atoms with Gasteiger partial charge in [-0.25, -0.2) is 19.3 Å². The summed E-state index contributed by atoms with van der Waals surface area (Å²) in [5, 5.41) is 4.22. The Bertz CT molecular complexity index is 1740. The van der Waals surface area contributed by atoms with Gasteiger partial charge in [0.1, 0.15) is 5.82 Å². The van der Waals surface area contributed by atoms with Gasteiger partial charge in [-0.15, -0.1) is 0 Å². The molecule has 0 amide bonds. The van der Waals surface area contributed by atoms with E-state index >= 15 is 0 Å². The molecule has 0 aliphatic carbocycles. The first-order chi connectivity index (χ1) is 17.3. The highest BCUT2D eigenvalue weighted by molar-refractivity contribution is 6.26. The summed E-state index contributed by atoms with van der Waals surface area (Å²) in [6.45, 7) is 0. The number of hydrogen-bond donors (Lipinski definition) is 0. The molecule has 35 heavy (non-hydrogen) atoms. The van der Waals surface area contributed by atoms with Gasteiger partial charge in [-0.05, 0) is 36.4 Å². The van der Waals surface area contributed by atoms with Crippen molar-refractivity contribution in [2.45, 2.75) is 0 Å². The van der Waals surface area contributed by atoms with Crippen molar-refractivity contribution in [3.63, 3.8) is 0 Å². The Morgan fingerprint density at radius 3 is 1.54 bits per heavy atom. The van der Waals surface area contributed by atoms with Crippen molar-refractivity contribution < 1.29 is 4.39 Å². The lowest BCUT2D eigenvalue weighted by Crippen LogP contribution is -1.98. The minimum absolute atomic E-state index is 0.303. The predicted molar refractivity (Wildman–Crippen MR) is 140 cm³/mol. The van der Waals surface area contributed by atoms with Gasteiger partial charge in [0, 0.05) is 38.2 Å². The molecule has 0 unspecified atom stereocenters. The largest absolute Gasteiger partial charge is 0.246 e. The number of benzene rings is 5. The van der Waals surface area contributed by atoms with E-state index in [1.807, 2.05) is 54.6 Å². The van der Waals surface area contributed by atoms with Gasteiger partial charge in [0.05, 0.1) is 22.4 Å². The zero-order valence-electron chi connectivity index (χ0n) is 18.6. The van der Waals surface area contributed by atoms with E-state index in [9.17, 15) is 4.39 Å². The van der Waals surface area contributed by atoms with Crippen LogP contribution in [0.4, 0.5) is 4.39 Å². The lowest BCUT2D eigenvalue weighted by molar-refractivity contribution is 0.628. The van der Waals surface area contributed by atoms with Crippen molar-refractivity contribution in [2.24, 2.45) is 0 Å². The summed E-state index contributed by atoms with van der Waals surface area (Å²) in [6.07, 6.45) is 0. The first-order valence-corrected chi connectivity index (χ1v) is 11.5. The number of pyridine rings is 1. The van der Waals surface area contributed by atoms with Crippen molar-refractivity contribution in [1.29, 1.82) is 0 Å². The third-order valence-electron chi connectivity index (χ3n) is 6.48. The van der Waals surface area contributed by atoms with Crippen LogP contribution in [0.5, 0.6) is 0 Å². The topological polar surface area (TPSA) is 38.7 Å². The molecule has 0 spiro atoms. The van der Waals surface area contributed by atoms with Crippen molar-refractivity contribution in [3.8, 4) is 33.9 Å². The Hall–Kier alpha value is -4.70. The lowest BCUT2D eigenvalue weighted by Gasteiger charge is -2.17. The summed E-state index contributed by atoms with van der Waals surface area (Å²) in [6, 6.07) is 35.2. The van der Waals surface area contributed by atoms with Gasteiger partial charge in [0.15, 0.2) is 5.82 Å². The molecule has 0 aliphatic heterocycles. The fraction of sp³-hybridized carbons (Fsp3) is 0. The molecule has 5 aromatic carbocycles. The van der Waals surface area contributed by atoms with Crippen molar-refractivity contribution >= 4 is 32.6 Å². The van der Waals surface area contributed by atoms with Crippen LogP contribution < -0.4 is 0 Å². The van der Waals surface area contributed by atoms with Crippen molar-refractivity contribution in [3.05, 3.63) is 115 Å².